The molecule has 2 aliphatic rings. The molecule has 0 aromatic heterocycles. The average Bonchev–Trinajstić information content (AvgIpc) is 2.66. The van der Waals surface area contributed by atoms with Crippen LogP contribution in [0.2, 0.25) is 0 Å². The number of nitrogens with one attached hydrogen (secondary N) is 1. The maximum atomic E-state index is 11.9. The number of amides is 1. The first-order chi connectivity index (χ1) is 7.86. The van der Waals surface area contributed by atoms with E-state index in [1.165, 1.54) is 0 Å². The van der Waals surface area contributed by atoms with Crippen molar-refractivity contribution in [1.82, 2.24) is 10.2 Å². The summed E-state index contributed by atoms with van der Waals surface area (Å²) in [6, 6.07) is 7.73. The summed E-state index contributed by atoms with van der Waals surface area (Å²) in [7, 11) is 0. The van der Waals surface area contributed by atoms with Crippen LogP contribution in [0, 0.1) is 0 Å². The Morgan fingerprint density at radius 2 is 1.94 bits per heavy atom. The van der Waals surface area contributed by atoms with Crippen LogP contribution in [0.15, 0.2) is 29.3 Å². The molecule has 0 aliphatic carbocycles. The van der Waals surface area contributed by atoms with Crippen molar-refractivity contribution in [3.8, 4) is 0 Å². The molecule has 4 heteroatoms. The van der Waals surface area contributed by atoms with Gasteiger partial charge in [0.05, 0.1) is 5.36 Å². The van der Waals surface area contributed by atoms with E-state index in [0.29, 0.717) is 0 Å². The molecular weight excluding hydrogens is 202 g/mol. The lowest BCUT2D eigenvalue weighted by atomic mass is 10.2. The van der Waals surface area contributed by atoms with Gasteiger partial charge >= 0.3 is 0 Å². The lowest BCUT2D eigenvalue weighted by Gasteiger charge is -2.29. The van der Waals surface area contributed by atoms with E-state index in [9.17, 15) is 4.79 Å². The smallest absolute Gasteiger partial charge is 0.294 e. The Hall–Kier alpha value is -1.68. The Labute approximate surface area is 93.3 Å². The van der Waals surface area contributed by atoms with Gasteiger partial charge in [-0.05, 0) is 6.07 Å². The minimum atomic E-state index is -0.0944. The third-order valence-corrected chi connectivity index (χ3v) is 3.02. The van der Waals surface area contributed by atoms with Gasteiger partial charge in [0.1, 0.15) is 5.70 Å². The Morgan fingerprint density at radius 3 is 2.75 bits per heavy atom. The van der Waals surface area contributed by atoms with Gasteiger partial charge in [0.2, 0.25) is 0 Å². The molecule has 1 saturated heterocycles. The lowest BCUT2D eigenvalue weighted by molar-refractivity contribution is -0.113. The second-order valence-electron chi connectivity index (χ2n) is 4.02. The molecule has 1 aromatic carbocycles. The molecule has 0 spiro atoms. The maximum absolute atomic E-state index is 11.9. The van der Waals surface area contributed by atoms with Gasteiger partial charge in [-0.2, -0.15) is 0 Å². The molecule has 1 N–H and O–H groups in total. The van der Waals surface area contributed by atoms with E-state index in [1.54, 1.807) is 0 Å². The fourth-order valence-corrected chi connectivity index (χ4v) is 2.24. The van der Waals surface area contributed by atoms with Gasteiger partial charge in [0.15, 0.2) is 0 Å². The predicted octanol–water partition coefficient (Wildman–Crippen LogP) is -1.14. The monoisotopic (exact) mass is 215 g/mol. The SMILES string of the molecule is O=C1N=c2ccccc2=C1N1CCNCC1. The van der Waals surface area contributed by atoms with Crippen LogP contribution >= 0.6 is 0 Å². The van der Waals surface area contributed by atoms with Crippen molar-refractivity contribution in [2.24, 2.45) is 4.99 Å². The van der Waals surface area contributed by atoms with Gasteiger partial charge in [0, 0.05) is 31.4 Å². The van der Waals surface area contributed by atoms with Crippen molar-refractivity contribution >= 4 is 11.6 Å². The van der Waals surface area contributed by atoms with Crippen LogP contribution < -0.4 is 15.9 Å². The van der Waals surface area contributed by atoms with Crippen molar-refractivity contribution in [1.29, 1.82) is 0 Å². The third-order valence-electron chi connectivity index (χ3n) is 3.02. The van der Waals surface area contributed by atoms with Crippen molar-refractivity contribution in [2.45, 2.75) is 0 Å². The first kappa shape index (κ1) is 9.54. The number of nitrogens with zero attached hydrogens (tertiary/aromatic N) is 2. The number of fused-ring (bicyclic) bond motifs is 1. The fourth-order valence-electron chi connectivity index (χ4n) is 2.24. The van der Waals surface area contributed by atoms with Crippen molar-refractivity contribution < 1.29 is 4.79 Å². The molecule has 0 radical (unpaired) electrons. The molecule has 16 heavy (non-hydrogen) atoms. The van der Waals surface area contributed by atoms with Crippen molar-refractivity contribution in [3.63, 3.8) is 0 Å². The number of carbonyl (C=O) groups excluding carboxylic acids is 1. The summed E-state index contributed by atoms with van der Waals surface area (Å²) >= 11 is 0. The number of benzene rings is 1. The van der Waals surface area contributed by atoms with Gasteiger partial charge in [-0.25, -0.2) is 4.99 Å². The molecule has 0 unspecified atom stereocenters. The van der Waals surface area contributed by atoms with E-state index in [-0.39, 0.29) is 5.91 Å². The molecule has 4 nitrogen and oxygen atoms in total. The summed E-state index contributed by atoms with van der Waals surface area (Å²) in [6.07, 6.45) is 0. The largest absolute Gasteiger partial charge is 0.364 e. The molecule has 0 saturated carbocycles. The van der Waals surface area contributed by atoms with E-state index in [2.05, 4.69) is 15.2 Å². The Kier molecular flexibility index (Phi) is 2.22. The van der Waals surface area contributed by atoms with Crippen LogP contribution in [0.25, 0.3) is 5.70 Å². The molecular formula is C12H13N3O. The highest BCUT2D eigenvalue weighted by Gasteiger charge is 2.23. The standard InChI is InChI=1S/C12H13N3O/c16-12-11(15-7-5-13-6-8-15)9-3-1-2-4-10(9)14-12/h1-4,13H,5-8H2. The second kappa shape index (κ2) is 3.72. The number of hydrogen-bond donors (Lipinski definition) is 1. The summed E-state index contributed by atoms with van der Waals surface area (Å²) in [6.45, 7) is 3.62. The summed E-state index contributed by atoms with van der Waals surface area (Å²) < 4.78 is 0. The van der Waals surface area contributed by atoms with E-state index in [0.717, 1.165) is 42.5 Å². The van der Waals surface area contributed by atoms with E-state index >= 15 is 0 Å². The fraction of sp³-hybridized carbons (Fsp3) is 0.333. The predicted molar refractivity (Wildman–Crippen MR) is 60.1 cm³/mol. The topological polar surface area (TPSA) is 44.7 Å². The van der Waals surface area contributed by atoms with Gasteiger partial charge in [-0.3, -0.25) is 4.79 Å². The first-order valence-electron chi connectivity index (χ1n) is 5.54. The highest BCUT2D eigenvalue weighted by Crippen LogP contribution is 2.08. The number of rotatable bonds is 1. The zero-order valence-electron chi connectivity index (χ0n) is 8.94. The highest BCUT2D eigenvalue weighted by atomic mass is 16.1. The van der Waals surface area contributed by atoms with Crippen molar-refractivity contribution in [3.05, 3.63) is 34.8 Å². The molecule has 3 rings (SSSR count). The molecule has 1 amide bonds. The molecule has 2 heterocycles. The third kappa shape index (κ3) is 1.42. The van der Waals surface area contributed by atoms with E-state index in [4.69, 9.17) is 0 Å². The Bertz CT molecular complexity index is 544. The van der Waals surface area contributed by atoms with Crippen LogP contribution in [0.4, 0.5) is 0 Å². The van der Waals surface area contributed by atoms with Crippen LogP contribution in [-0.2, 0) is 4.79 Å². The van der Waals surface area contributed by atoms with Crippen molar-refractivity contribution in [2.75, 3.05) is 26.2 Å². The number of carbonyl (C=O) groups is 1. The van der Waals surface area contributed by atoms with Crippen LogP contribution in [0.1, 0.15) is 0 Å². The molecule has 1 aromatic rings. The average molecular weight is 215 g/mol. The number of para-hydroxylation sites is 1. The summed E-state index contributed by atoms with van der Waals surface area (Å²) in [5.74, 6) is -0.0944. The van der Waals surface area contributed by atoms with Gasteiger partial charge in [-0.15, -0.1) is 0 Å². The zero-order valence-corrected chi connectivity index (χ0v) is 8.94. The number of hydrogen-bond acceptors (Lipinski definition) is 3. The molecule has 2 aliphatic heterocycles. The summed E-state index contributed by atoms with van der Waals surface area (Å²) in [5, 5.41) is 5.07. The lowest BCUT2D eigenvalue weighted by Crippen LogP contribution is -2.45. The zero-order chi connectivity index (χ0) is 11.0. The number of piperazine rings is 1. The van der Waals surface area contributed by atoms with Gasteiger partial charge in [0.25, 0.3) is 5.91 Å². The molecule has 82 valence electrons. The maximum Gasteiger partial charge on any atom is 0.294 e. The first-order valence-corrected chi connectivity index (χ1v) is 5.54. The van der Waals surface area contributed by atoms with E-state index < -0.39 is 0 Å². The van der Waals surface area contributed by atoms with Gasteiger partial charge < -0.3 is 10.2 Å². The highest BCUT2D eigenvalue weighted by molar-refractivity contribution is 6.14. The summed E-state index contributed by atoms with van der Waals surface area (Å²) in [4.78, 5) is 18.1. The minimum absolute atomic E-state index is 0.0944. The van der Waals surface area contributed by atoms with Crippen LogP contribution in [-0.4, -0.2) is 37.0 Å². The van der Waals surface area contributed by atoms with Gasteiger partial charge in [-0.1, -0.05) is 18.2 Å². The normalized spacial score (nSPS) is 19.6. The minimum Gasteiger partial charge on any atom is -0.364 e. The van der Waals surface area contributed by atoms with Crippen LogP contribution in [0.3, 0.4) is 0 Å². The molecule has 0 bridgehead atoms. The Balaban J connectivity index is 2.13. The van der Waals surface area contributed by atoms with Crippen LogP contribution in [0.5, 0.6) is 0 Å². The quantitative estimate of drug-likeness (QED) is 0.644. The van der Waals surface area contributed by atoms with E-state index in [1.807, 2.05) is 24.3 Å². The second-order valence-corrected chi connectivity index (χ2v) is 4.02. The summed E-state index contributed by atoms with van der Waals surface area (Å²) in [5.41, 5.74) is 0.775. The molecule has 0 atom stereocenters. The Morgan fingerprint density at radius 1 is 1.19 bits per heavy atom. The molecule has 1 fully saturated rings.